The van der Waals surface area contributed by atoms with Crippen molar-refractivity contribution in [2.24, 2.45) is 0 Å². The van der Waals surface area contributed by atoms with Crippen LogP contribution in [0.3, 0.4) is 0 Å². The predicted molar refractivity (Wildman–Crippen MR) is 119 cm³/mol. The number of aromatic nitrogens is 4. The smallest absolute Gasteiger partial charge is 0.242 e. The molecule has 0 aromatic carbocycles. The van der Waals surface area contributed by atoms with Gasteiger partial charge in [-0.2, -0.15) is 0 Å². The van der Waals surface area contributed by atoms with E-state index in [1.807, 2.05) is 6.07 Å². The van der Waals surface area contributed by atoms with Crippen LogP contribution in [0.15, 0.2) is 30.9 Å². The Bertz CT molecular complexity index is 1090. The fourth-order valence-corrected chi connectivity index (χ4v) is 3.87. The van der Waals surface area contributed by atoms with Crippen LogP contribution < -0.4 is 16.0 Å². The number of hydrogen-bond donors (Lipinski definition) is 4. The third-order valence-electron chi connectivity index (χ3n) is 5.31. The van der Waals surface area contributed by atoms with Gasteiger partial charge in [0, 0.05) is 29.4 Å². The highest BCUT2D eigenvalue weighted by molar-refractivity contribution is 6.31. The number of pyridine rings is 1. The summed E-state index contributed by atoms with van der Waals surface area (Å²) in [5.41, 5.74) is 2.12. The molecule has 1 fully saturated rings. The molecule has 1 saturated carbocycles. The summed E-state index contributed by atoms with van der Waals surface area (Å²) in [6, 6.07) is 1.44. The molecule has 162 valence electrons. The third-order valence-corrected chi connectivity index (χ3v) is 5.52. The second-order valence-corrected chi connectivity index (χ2v) is 8.11. The van der Waals surface area contributed by atoms with Gasteiger partial charge >= 0.3 is 0 Å². The first kappa shape index (κ1) is 21.0. The molecule has 1 atom stereocenters. The molecule has 3 heterocycles. The quantitative estimate of drug-likeness (QED) is 0.446. The Morgan fingerprint density at radius 2 is 2.06 bits per heavy atom. The summed E-state index contributed by atoms with van der Waals surface area (Å²) in [6.07, 6.45) is 10.8. The SMILES string of the molecule is C[C@@H](Nc1cncc(-c2c[nH]c3ncc(Cl)cc23)n1)C(=O)NCC(=O)NC1CCCC1. The van der Waals surface area contributed by atoms with Crippen LogP contribution in [0.4, 0.5) is 5.82 Å². The van der Waals surface area contributed by atoms with E-state index in [4.69, 9.17) is 11.6 Å². The van der Waals surface area contributed by atoms with Crippen LogP contribution in [0.1, 0.15) is 32.6 Å². The lowest BCUT2D eigenvalue weighted by Crippen LogP contribution is -2.45. The molecular formula is C21H24ClN7O2. The highest BCUT2D eigenvalue weighted by atomic mass is 35.5. The first-order valence-corrected chi connectivity index (χ1v) is 10.7. The van der Waals surface area contributed by atoms with E-state index in [0.717, 1.165) is 36.6 Å². The Hall–Kier alpha value is -3.20. The van der Waals surface area contributed by atoms with Crippen molar-refractivity contribution in [1.29, 1.82) is 0 Å². The number of H-pyrrole nitrogens is 1. The number of amides is 2. The van der Waals surface area contributed by atoms with Crippen molar-refractivity contribution >= 4 is 40.3 Å². The summed E-state index contributed by atoms with van der Waals surface area (Å²) in [5, 5.41) is 10.00. The first-order chi connectivity index (χ1) is 15.0. The van der Waals surface area contributed by atoms with Crippen molar-refractivity contribution in [2.75, 3.05) is 11.9 Å². The molecule has 3 aromatic heterocycles. The van der Waals surface area contributed by atoms with E-state index < -0.39 is 6.04 Å². The van der Waals surface area contributed by atoms with Gasteiger partial charge in [-0.1, -0.05) is 24.4 Å². The summed E-state index contributed by atoms with van der Waals surface area (Å²) >= 11 is 6.07. The van der Waals surface area contributed by atoms with Crippen LogP contribution >= 0.6 is 11.6 Å². The van der Waals surface area contributed by atoms with E-state index in [2.05, 4.69) is 35.9 Å². The van der Waals surface area contributed by atoms with Crippen molar-refractivity contribution in [3.8, 4) is 11.3 Å². The first-order valence-electron chi connectivity index (χ1n) is 10.3. The zero-order chi connectivity index (χ0) is 21.8. The Morgan fingerprint density at radius 3 is 2.87 bits per heavy atom. The zero-order valence-electron chi connectivity index (χ0n) is 17.1. The maximum Gasteiger partial charge on any atom is 0.242 e. The molecule has 0 spiro atoms. The Kier molecular flexibility index (Phi) is 6.31. The van der Waals surface area contributed by atoms with Gasteiger partial charge in [0.05, 0.1) is 29.7 Å². The fraction of sp³-hybridized carbons (Fsp3) is 0.381. The van der Waals surface area contributed by atoms with Crippen molar-refractivity contribution < 1.29 is 9.59 Å². The lowest BCUT2D eigenvalue weighted by Gasteiger charge is -2.16. The molecule has 0 saturated heterocycles. The van der Waals surface area contributed by atoms with E-state index in [9.17, 15) is 9.59 Å². The summed E-state index contributed by atoms with van der Waals surface area (Å²) in [6.45, 7) is 1.66. The number of fused-ring (bicyclic) bond motifs is 1. The van der Waals surface area contributed by atoms with E-state index in [-0.39, 0.29) is 24.4 Å². The van der Waals surface area contributed by atoms with E-state index >= 15 is 0 Å². The van der Waals surface area contributed by atoms with Gasteiger partial charge in [0.25, 0.3) is 0 Å². The molecule has 0 aliphatic heterocycles. The van der Waals surface area contributed by atoms with E-state index in [0.29, 0.717) is 22.2 Å². The maximum absolute atomic E-state index is 12.4. The number of carbonyl (C=O) groups excluding carboxylic acids is 2. The standard InChI is InChI=1S/C21H24ClN7O2/c1-12(21(31)26-11-19(30)28-14-4-2-3-5-14)27-18-10-23-9-17(29-18)16-8-25-20-15(16)6-13(22)7-24-20/h6-10,12,14H,2-5,11H2,1H3,(H,24,25)(H,26,31)(H,27,29)(H,28,30)/t12-/m1/s1. The minimum Gasteiger partial charge on any atom is -0.357 e. The van der Waals surface area contributed by atoms with Crippen LogP contribution in [-0.4, -0.2) is 50.4 Å². The topological polar surface area (TPSA) is 125 Å². The highest BCUT2D eigenvalue weighted by Gasteiger charge is 2.19. The number of nitrogens with zero attached hydrogens (tertiary/aromatic N) is 3. The maximum atomic E-state index is 12.4. The third kappa shape index (κ3) is 5.11. The van der Waals surface area contributed by atoms with Crippen LogP contribution in [-0.2, 0) is 9.59 Å². The number of aromatic amines is 1. The van der Waals surface area contributed by atoms with Crippen molar-refractivity contribution in [3.05, 3.63) is 35.9 Å². The Morgan fingerprint density at radius 1 is 1.26 bits per heavy atom. The number of carbonyl (C=O) groups is 2. The van der Waals surface area contributed by atoms with Gasteiger partial charge < -0.3 is 20.9 Å². The average molecular weight is 442 g/mol. The van der Waals surface area contributed by atoms with Gasteiger partial charge in [-0.25, -0.2) is 9.97 Å². The predicted octanol–water partition coefficient (Wildman–Crippen LogP) is 2.65. The summed E-state index contributed by atoms with van der Waals surface area (Å²) in [7, 11) is 0. The molecule has 10 heteroatoms. The monoisotopic (exact) mass is 441 g/mol. The Labute approximate surface area is 184 Å². The van der Waals surface area contributed by atoms with Gasteiger partial charge in [-0.15, -0.1) is 0 Å². The van der Waals surface area contributed by atoms with Crippen LogP contribution in [0.5, 0.6) is 0 Å². The van der Waals surface area contributed by atoms with Gasteiger partial charge in [-0.05, 0) is 25.8 Å². The number of rotatable bonds is 7. The van der Waals surface area contributed by atoms with Gasteiger partial charge in [-0.3, -0.25) is 14.6 Å². The summed E-state index contributed by atoms with van der Waals surface area (Å²) in [5.74, 6) is -0.0161. The molecule has 3 aromatic rings. The normalized spacial score (nSPS) is 15.0. The minimum absolute atomic E-state index is 0.0455. The Balaban J connectivity index is 1.37. The van der Waals surface area contributed by atoms with Gasteiger partial charge in [0.1, 0.15) is 17.5 Å². The molecule has 4 rings (SSSR count). The lowest BCUT2D eigenvalue weighted by atomic mass is 10.1. The lowest BCUT2D eigenvalue weighted by molar-refractivity contribution is -0.126. The molecule has 0 radical (unpaired) electrons. The minimum atomic E-state index is -0.595. The second-order valence-electron chi connectivity index (χ2n) is 7.67. The molecule has 4 N–H and O–H groups in total. The highest BCUT2D eigenvalue weighted by Crippen LogP contribution is 2.28. The molecule has 1 aliphatic carbocycles. The van der Waals surface area contributed by atoms with Gasteiger partial charge in [0.2, 0.25) is 11.8 Å². The van der Waals surface area contributed by atoms with Crippen LogP contribution in [0.25, 0.3) is 22.3 Å². The fourth-order valence-electron chi connectivity index (χ4n) is 3.71. The van der Waals surface area contributed by atoms with E-state index in [1.165, 1.54) is 0 Å². The number of nitrogens with one attached hydrogen (secondary N) is 4. The number of anilines is 1. The largest absolute Gasteiger partial charge is 0.357 e. The zero-order valence-corrected chi connectivity index (χ0v) is 17.9. The molecule has 0 bridgehead atoms. The molecule has 2 amide bonds. The molecule has 0 unspecified atom stereocenters. The molecule has 1 aliphatic rings. The molecule has 31 heavy (non-hydrogen) atoms. The average Bonchev–Trinajstić information content (AvgIpc) is 3.41. The second kappa shape index (κ2) is 9.30. The van der Waals surface area contributed by atoms with Crippen LogP contribution in [0, 0.1) is 0 Å². The molecule has 9 nitrogen and oxygen atoms in total. The number of halogens is 1. The van der Waals surface area contributed by atoms with Crippen molar-refractivity contribution in [2.45, 2.75) is 44.7 Å². The summed E-state index contributed by atoms with van der Waals surface area (Å²) < 4.78 is 0. The van der Waals surface area contributed by atoms with E-state index in [1.54, 1.807) is 31.7 Å². The number of hydrogen-bond acceptors (Lipinski definition) is 6. The molecular weight excluding hydrogens is 418 g/mol. The van der Waals surface area contributed by atoms with Crippen molar-refractivity contribution in [1.82, 2.24) is 30.6 Å². The van der Waals surface area contributed by atoms with Gasteiger partial charge in [0.15, 0.2) is 0 Å². The van der Waals surface area contributed by atoms with Crippen LogP contribution in [0.2, 0.25) is 5.02 Å². The summed E-state index contributed by atoms with van der Waals surface area (Å²) in [4.78, 5) is 40.5. The van der Waals surface area contributed by atoms with Crippen molar-refractivity contribution in [3.63, 3.8) is 0 Å².